The first-order valence-corrected chi connectivity index (χ1v) is 7.81. The van der Waals surface area contributed by atoms with E-state index in [2.05, 4.69) is 20.8 Å². The maximum Gasteiger partial charge on any atom is -0.0443 e. The van der Waals surface area contributed by atoms with Crippen molar-refractivity contribution in [2.45, 2.75) is 97.8 Å². The fraction of sp³-hybridized carbons (Fsp3) is 1.00. The van der Waals surface area contributed by atoms with E-state index in [9.17, 15) is 0 Å². The van der Waals surface area contributed by atoms with E-state index in [4.69, 9.17) is 0 Å². The number of hydrogen-bond acceptors (Lipinski definition) is 0. The largest absolute Gasteiger partial charge is 0.0654 e. The topological polar surface area (TPSA) is 0 Å². The monoisotopic (exact) mass is 226 g/mol. The standard InChI is InChI=1S/C16H34/c1-4-6-8-9-10-11-12-13-15-16(3)14-7-5-2/h16H,4-15H2,1-3H3/t16-/m1/s1. The summed E-state index contributed by atoms with van der Waals surface area (Å²) in [7, 11) is 0. The highest BCUT2D eigenvalue weighted by molar-refractivity contribution is 4.54. The molecular formula is C16H34. The molecule has 0 aliphatic carbocycles. The van der Waals surface area contributed by atoms with Crippen molar-refractivity contribution in [3.63, 3.8) is 0 Å². The molecule has 0 amide bonds. The Hall–Kier alpha value is 0. The van der Waals surface area contributed by atoms with Gasteiger partial charge in [0, 0.05) is 0 Å². The van der Waals surface area contributed by atoms with Gasteiger partial charge in [0.2, 0.25) is 0 Å². The molecule has 0 unspecified atom stereocenters. The maximum atomic E-state index is 2.43. The molecule has 1 atom stereocenters. The van der Waals surface area contributed by atoms with Gasteiger partial charge in [-0.1, -0.05) is 97.8 Å². The first kappa shape index (κ1) is 16.0. The fourth-order valence-corrected chi connectivity index (χ4v) is 2.32. The normalized spacial score (nSPS) is 12.9. The van der Waals surface area contributed by atoms with Crippen molar-refractivity contribution in [1.29, 1.82) is 0 Å². The number of hydrogen-bond donors (Lipinski definition) is 0. The van der Waals surface area contributed by atoms with Crippen LogP contribution in [0.3, 0.4) is 0 Å². The lowest BCUT2D eigenvalue weighted by atomic mass is 9.97. The van der Waals surface area contributed by atoms with E-state index in [0.29, 0.717) is 0 Å². The summed E-state index contributed by atoms with van der Waals surface area (Å²) in [4.78, 5) is 0. The van der Waals surface area contributed by atoms with Crippen LogP contribution in [0.2, 0.25) is 0 Å². The molecular weight excluding hydrogens is 192 g/mol. The highest BCUT2D eigenvalue weighted by Gasteiger charge is 2.00. The summed E-state index contributed by atoms with van der Waals surface area (Å²) in [6, 6.07) is 0. The molecule has 0 heteroatoms. The van der Waals surface area contributed by atoms with Crippen LogP contribution in [-0.2, 0) is 0 Å². The summed E-state index contributed by atoms with van der Waals surface area (Å²) in [6.45, 7) is 7.01. The Morgan fingerprint density at radius 1 is 0.562 bits per heavy atom. The Balaban J connectivity index is 3.02. The minimum Gasteiger partial charge on any atom is -0.0654 e. The third-order valence-electron chi connectivity index (χ3n) is 3.60. The summed E-state index contributed by atoms with van der Waals surface area (Å²) in [5.74, 6) is 0.972. The minimum absolute atomic E-state index is 0.972. The number of unbranched alkanes of at least 4 members (excludes halogenated alkanes) is 8. The molecule has 0 bridgehead atoms. The Labute approximate surface area is 104 Å². The highest BCUT2D eigenvalue weighted by Crippen LogP contribution is 2.17. The lowest BCUT2D eigenvalue weighted by molar-refractivity contribution is 0.441. The van der Waals surface area contributed by atoms with E-state index >= 15 is 0 Å². The molecule has 0 heterocycles. The molecule has 0 nitrogen and oxygen atoms in total. The van der Waals surface area contributed by atoms with E-state index in [1.165, 1.54) is 77.0 Å². The zero-order chi connectivity index (χ0) is 12.1. The first-order chi connectivity index (χ1) is 7.81. The number of rotatable bonds is 12. The first-order valence-electron chi connectivity index (χ1n) is 7.81. The second-order valence-corrected chi connectivity index (χ2v) is 5.51. The average Bonchev–Trinajstić information content (AvgIpc) is 2.30. The smallest absolute Gasteiger partial charge is 0.0443 e. The van der Waals surface area contributed by atoms with Gasteiger partial charge in [-0.2, -0.15) is 0 Å². The van der Waals surface area contributed by atoms with Crippen LogP contribution in [0.15, 0.2) is 0 Å². The summed E-state index contributed by atoms with van der Waals surface area (Å²) >= 11 is 0. The lowest BCUT2D eigenvalue weighted by Crippen LogP contribution is -1.94. The van der Waals surface area contributed by atoms with Gasteiger partial charge in [0.1, 0.15) is 0 Å². The zero-order valence-corrected chi connectivity index (χ0v) is 12.1. The molecule has 0 aliphatic heterocycles. The Kier molecular flexibility index (Phi) is 13.1. The predicted molar refractivity (Wildman–Crippen MR) is 75.9 cm³/mol. The molecule has 0 saturated carbocycles. The van der Waals surface area contributed by atoms with Crippen LogP contribution in [0.4, 0.5) is 0 Å². The Bertz CT molecular complexity index is 117. The van der Waals surface area contributed by atoms with Crippen molar-refractivity contribution in [3.8, 4) is 0 Å². The van der Waals surface area contributed by atoms with Crippen LogP contribution < -0.4 is 0 Å². The Morgan fingerprint density at radius 2 is 1.00 bits per heavy atom. The summed E-state index contributed by atoms with van der Waals surface area (Å²) in [5, 5.41) is 0. The minimum atomic E-state index is 0.972. The van der Waals surface area contributed by atoms with Gasteiger partial charge in [0.25, 0.3) is 0 Å². The second kappa shape index (κ2) is 13.1. The van der Waals surface area contributed by atoms with Gasteiger partial charge < -0.3 is 0 Å². The molecule has 0 spiro atoms. The van der Waals surface area contributed by atoms with Crippen molar-refractivity contribution < 1.29 is 0 Å². The van der Waals surface area contributed by atoms with Crippen molar-refractivity contribution >= 4 is 0 Å². The molecule has 0 aromatic rings. The molecule has 0 N–H and O–H groups in total. The predicted octanol–water partition coefficient (Wildman–Crippen LogP) is 6.34. The van der Waals surface area contributed by atoms with Gasteiger partial charge in [-0.3, -0.25) is 0 Å². The van der Waals surface area contributed by atoms with E-state index in [0.717, 1.165) is 5.92 Å². The molecule has 0 aromatic carbocycles. The van der Waals surface area contributed by atoms with Gasteiger partial charge in [-0.15, -0.1) is 0 Å². The van der Waals surface area contributed by atoms with Gasteiger partial charge in [-0.05, 0) is 5.92 Å². The Morgan fingerprint density at radius 3 is 1.56 bits per heavy atom. The summed E-state index contributed by atoms with van der Waals surface area (Å²) < 4.78 is 0. The summed E-state index contributed by atoms with van der Waals surface area (Å²) in [5.41, 5.74) is 0. The second-order valence-electron chi connectivity index (χ2n) is 5.51. The third-order valence-corrected chi connectivity index (χ3v) is 3.60. The fourth-order valence-electron chi connectivity index (χ4n) is 2.32. The quantitative estimate of drug-likeness (QED) is 0.340. The molecule has 0 fully saturated rings. The SMILES string of the molecule is CCCCCCCCCC[C@H](C)CCCC. The molecule has 0 saturated heterocycles. The van der Waals surface area contributed by atoms with E-state index in [-0.39, 0.29) is 0 Å². The average molecular weight is 226 g/mol. The van der Waals surface area contributed by atoms with Crippen molar-refractivity contribution in [2.75, 3.05) is 0 Å². The van der Waals surface area contributed by atoms with Crippen molar-refractivity contribution in [1.82, 2.24) is 0 Å². The van der Waals surface area contributed by atoms with Crippen LogP contribution in [0, 0.1) is 5.92 Å². The molecule has 0 aliphatic rings. The highest BCUT2D eigenvalue weighted by atomic mass is 14.1. The third kappa shape index (κ3) is 12.1. The van der Waals surface area contributed by atoms with Gasteiger partial charge >= 0.3 is 0 Å². The van der Waals surface area contributed by atoms with Crippen molar-refractivity contribution in [3.05, 3.63) is 0 Å². The van der Waals surface area contributed by atoms with Crippen LogP contribution in [0.1, 0.15) is 97.8 Å². The van der Waals surface area contributed by atoms with E-state index in [1.54, 1.807) is 0 Å². The molecule has 0 rings (SSSR count). The van der Waals surface area contributed by atoms with E-state index < -0.39 is 0 Å². The molecule has 0 aromatic heterocycles. The molecule has 0 radical (unpaired) electrons. The van der Waals surface area contributed by atoms with Crippen LogP contribution in [0.25, 0.3) is 0 Å². The van der Waals surface area contributed by atoms with Crippen LogP contribution in [0.5, 0.6) is 0 Å². The van der Waals surface area contributed by atoms with E-state index in [1.807, 2.05) is 0 Å². The van der Waals surface area contributed by atoms with Crippen LogP contribution in [-0.4, -0.2) is 0 Å². The zero-order valence-electron chi connectivity index (χ0n) is 12.1. The lowest BCUT2D eigenvalue weighted by Gasteiger charge is -2.09. The van der Waals surface area contributed by atoms with Gasteiger partial charge in [0.05, 0.1) is 0 Å². The molecule has 98 valence electrons. The molecule has 16 heavy (non-hydrogen) atoms. The summed E-state index contributed by atoms with van der Waals surface area (Å²) in [6.07, 6.45) is 17.3. The van der Waals surface area contributed by atoms with Crippen molar-refractivity contribution in [2.24, 2.45) is 5.92 Å². The van der Waals surface area contributed by atoms with Gasteiger partial charge in [0.15, 0.2) is 0 Å². The van der Waals surface area contributed by atoms with Crippen LogP contribution >= 0.6 is 0 Å². The maximum absolute atomic E-state index is 2.43. The van der Waals surface area contributed by atoms with Gasteiger partial charge in [-0.25, -0.2) is 0 Å².